The van der Waals surface area contributed by atoms with Gasteiger partial charge in [-0.15, -0.1) is 0 Å². The largest absolute Gasteiger partial charge is 0.497 e. The molecule has 1 fully saturated rings. The van der Waals surface area contributed by atoms with Crippen molar-refractivity contribution in [2.45, 2.75) is 25.9 Å². The van der Waals surface area contributed by atoms with Crippen LogP contribution in [0.2, 0.25) is 5.02 Å². The highest BCUT2D eigenvalue weighted by Gasteiger charge is 2.25. The maximum absolute atomic E-state index is 6.27. The number of rotatable bonds is 5. The van der Waals surface area contributed by atoms with Crippen LogP contribution >= 0.6 is 11.6 Å². The molecule has 0 radical (unpaired) electrons. The van der Waals surface area contributed by atoms with E-state index in [-0.39, 0.29) is 0 Å². The number of nitrogens with one attached hydrogen (secondary N) is 2. The molecule has 7 heteroatoms. The Morgan fingerprint density at radius 1 is 1.41 bits per heavy atom. The van der Waals surface area contributed by atoms with Crippen LogP contribution in [0.1, 0.15) is 17.5 Å². The van der Waals surface area contributed by atoms with Gasteiger partial charge in [-0.2, -0.15) is 0 Å². The molecule has 1 aromatic carbocycles. The second-order valence-electron chi connectivity index (χ2n) is 6.67. The lowest BCUT2D eigenvalue weighted by atomic mass is 10.1. The van der Waals surface area contributed by atoms with Crippen LogP contribution in [0.5, 0.6) is 5.75 Å². The van der Waals surface area contributed by atoms with Crippen LogP contribution in [-0.4, -0.2) is 44.2 Å². The van der Waals surface area contributed by atoms with E-state index in [1.54, 1.807) is 20.4 Å². The minimum absolute atomic E-state index is 0.293. The number of methoxy groups -OCH3 is 1. The molecule has 2 aromatic rings. The Morgan fingerprint density at radius 3 is 3.00 bits per heavy atom. The Balaban J connectivity index is 1.55. The molecule has 1 unspecified atom stereocenters. The van der Waals surface area contributed by atoms with Crippen LogP contribution in [0.3, 0.4) is 0 Å². The van der Waals surface area contributed by atoms with E-state index in [0.29, 0.717) is 17.6 Å². The van der Waals surface area contributed by atoms with Gasteiger partial charge < -0.3 is 20.3 Å². The fourth-order valence-corrected chi connectivity index (χ4v) is 3.54. The van der Waals surface area contributed by atoms with Crippen LogP contribution in [0.15, 0.2) is 41.5 Å². The summed E-state index contributed by atoms with van der Waals surface area (Å²) in [6.45, 7) is 4.51. The normalized spacial score (nSPS) is 17.1. The summed E-state index contributed by atoms with van der Waals surface area (Å²) in [5.41, 5.74) is 2.33. The fraction of sp³-hybridized carbons (Fsp3) is 0.400. The summed E-state index contributed by atoms with van der Waals surface area (Å²) in [6.07, 6.45) is 2.78. The molecule has 27 heavy (non-hydrogen) atoms. The number of benzene rings is 1. The third-order valence-corrected chi connectivity index (χ3v) is 4.89. The number of hydrogen-bond acceptors (Lipinski definition) is 4. The summed E-state index contributed by atoms with van der Waals surface area (Å²) in [5, 5.41) is 7.56. The van der Waals surface area contributed by atoms with Crippen molar-refractivity contribution >= 4 is 23.4 Å². The van der Waals surface area contributed by atoms with E-state index in [1.807, 2.05) is 24.3 Å². The minimum Gasteiger partial charge on any atom is -0.497 e. The van der Waals surface area contributed by atoms with Crippen molar-refractivity contribution in [3.05, 3.63) is 52.7 Å². The van der Waals surface area contributed by atoms with Crippen molar-refractivity contribution in [1.29, 1.82) is 0 Å². The van der Waals surface area contributed by atoms with Gasteiger partial charge in [-0.3, -0.25) is 4.99 Å². The van der Waals surface area contributed by atoms with Crippen LogP contribution < -0.4 is 20.3 Å². The standard InChI is InChI=1S/C20H26ClN5O/c1-14-9-15(11-17(10-14)27-3)12-24-20(22-2)25-16-6-8-26(13-16)19-18(21)5-4-7-23-19/h4-5,7,9-11,16H,6,8,12-13H2,1-3H3,(H2,22,24,25). The third-order valence-electron chi connectivity index (χ3n) is 4.60. The molecule has 0 bridgehead atoms. The predicted octanol–water partition coefficient (Wildman–Crippen LogP) is 3.00. The summed E-state index contributed by atoms with van der Waals surface area (Å²) in [7, 11) is 3.47. The van der Waals surface area contributed by atoms with Gasteiger partial charge in [-0.25, -0.2) is 4.98 Å². The van der Waals surface area contributed by atoms with Gasteiger partial charge >= 0.3 is 0 Å². The Bertz CT molecular complexity index is 811. The summed E-state index contributed by atoms with van der Waals surface area (Å²) in [6, 6.07) is 10.2. The SMILES string of the molecule is CN=C(NCc1cc(C)cc(OC)c1)NC1CCN(c2ncccc2Cl)C1. The van der Waals surface area contributed by atoms with E-state index < -0.39 is 0 Å². The van der Waals surface area contributed by atoms with Gasteiger partial charge in [0.05, 0.1) is 12.1 Å². The van der Waals surface area contributed by atoms with Crippen molar-refractivity contribution in [1.82, 2.24) is 15.6 Å². The molecular formula is C20H26ClN5O. The lowest BCUT2D eigenvalue weighted by Gasteiger charge is -2.20. The Morgan fingerprint density at radius 2 is 2.26 bits per heavy atom. The Kier molecular flexibility index (Phi) is 6.40. The average molecular weight is 388 g/mol. The molecule has 0 amide bonds. The van der Waals surface area contributed by atoms with Crippen LogP contribution in [-0.2, 0) is 6.54 Å². The summed E-state index contributed by atoms with van der Waals surface area (Å²) in [4.78, 5) is 11.0. The first-order chi connectivity index (χ1) is 13.1. The molecule has 3 rings (SSSR count). The Hall–Kier alpha value is -2.47. The fourth-order valence-electron chi connectivity index (χ4n) is 3.30. The number of hydrogen-bond donors (Lipinski definition) is 2. The van der Waals surface area contributed by atoms with Crippen molar-refractivity contribution in [3.8, 4) is 5.75 Å². The highest BCUT2D eigenvalue weighted by molar-refractivity contribution is 6.32. The number of pyridine rings is 1. The van der Waals surface area contributed by atoms with Gasteiger partial charge in [0.2, 0.25) is 0 Å². The second kappa shape index (κ2) is 8.95. The zero-order valence-corrected chi connectivity index (χ0v) is 16.8. The smallest absolute Gasteiger partial charge is 0.191 e. The lowest BCUT2D eigenvalue weighted by molar-refractivity contribution is 0.414. The summed E-state index contributed by atoms with van der Waals surface area (Å²) < 4.78 is 5.34. The van der Waals surface area contributed by atoms with Gasteiger partial charge in [0.25, 0.3) is 0 Å². The molecule has 1 aliphatic rings. The molecule has 6 nitrogen and oxygen atoms in total. The van der Waals surface area contributed by atoms with Crippen molar-refractivity contribution < 1.29 is 4.74 Å². The molecule has 2 heterocycles. The number of halogens is 1. The molecule has 1 saturated heterocycles. The molecule has 1 aromatic heterocycles. The van der Waals surface area contributed by atoms with E-state index in [0.717, 1.165) is 42.6 Å². The van der Waals surface area contributed by atoms with Crippen molar-refractivity contribution in [2.75, 3.05) is 32.1 Å². The monoisotopic (exact) mass is 387 g/mol. The van der Waals surface area contributed by atoms with Crippen LogP contribution in [0.25, 0.3) is 0 Å². The van der Waals surface area contributed by atoms with E-state index in [2.05, 4.69) is 38.5 Å². The number of ether oxygens (including phenoxy) is 1. The quantitative estimate of drug-likeness (QED) is 0.610. The highest BCUT2D eigenvalue weighted by atomic mass is 35.5. The van der Waals surface area contributed by atoms with Crippen LogP contribution in [0.4, 0.5) is 5.82 Å². The number of aromatic nitrogens is 1. The average Bonchev–Trinajstić information content (AvgIpc) is 3.13. The maximum atomic E-state index is 6.27. The van der Waals surface area contributed by atoms with Gasteiger partial charge in [0, 0.05) is 38.9 Å². The zero-order chi connectivity index (χ0) is 19.2. The zero-order valence-electron chi connectivity index (χ0n) is 16.0. The van der Waals surface area contributed by atoms with Gasteiger partial charge in [0.1, 0.15) is 11.6 Å². The van der Waals surface area contributed by atoms with E-state index >= 15 is 0 Å². The summed E-state index contributed by atoms with van der Waals surface area (Å²) >= 11 is 6.27. The molecule has 1 atom stereocenters. The molecule has 144 valence electrons. The maximum Gasteiger partial charge on any atom is 0.191 e. The van der Waals surface area contributed by atoms with E-state index in [9.17, 15) is 0 Å². The lowest BCUT2D eigenvalue weighted by Crippen LogP contribution is -2.44. The highest BCUT2D eigenvalue weighted by Crippen LogP contribution is 2.25. The third kappa shape index (κ3) is 5.04. The number of aliphatic imine (C=N–C) groups is 1. The minimum atomic E-state index is 0.293. The van der Waals surface area contributed by atoms with E-state index in [4.69, 9.17) is 16.3 Å². The molecule has 0 saturated carbocycles. The predicted molar refractivity (Wildman–Crippen MR) is 111 cm³/mol. The number of guanidine groups is 1. The van der Waals surface area contributed by atoms with Gasteiger partial charge in [-0.05, 0) is 48.7 Å². The summed E-state index contributed by atoms with van der Waals surface area (Å²) in [5.74, 6) is 2.50. The number of anilines is 1. The van der Waals surface area contributed by atoms with Crippen LogP contribution in [0, 0.1) is 6.92 Å². The Labute approximate surface area is 165 Å². The molecule has 1 aliphatic heterocycles. The first kappa shape index (κ1) is 19.3. The molecule has 0 spiro atoms. The van der Waals surface area contributed by atoms with Gasteiger partial charge in [-0.1, -0.05) is 17.7 Å². The van der Waals surface area contributed by atoms with E-state index in [1.165, 1.54) is 5.56 Å². The molecular weight excluding hydrogens is 362 g/mol. The number of aryl methyl sites for hydroxylation is 1. The van der Waals surface area contributed by atoms with Gasteiger partial charge in [0.15, 0.2) is 5.96 Å². The molecule has 0 aliphatic carbocycles. The number of nitrogens with zero attached hydrogens (tertiary/aromatic N) is 3. The van der Waals surface area contributed by atoms with Crippen molar-refractivity contribution in [3.63, 3.8) is 0 Å². The molecule has 2 N–H and O–H groups in total. The second-order valence-corrected chi connectivity index (χ2v) is 7.08. The first-order valence-electron chi connectivity index (χ1n) is 9.06. The topological polar surface area (TPSA) is 61.8 Å². The van der Waals surface area contributed by atoms with Crippen molar-refractivity contribution in [2.24, 2.45) is 4.99 Å². The first-order valence-corrected chi connectivity index (χ1v) is 9.44.